The fourth-order valence-corrected chi connectivity index (χ4v) is 4.07. The van der Waals surface area contributed by atoms with E-state index in [-0.39, 0.29) is 24.1 Å². The van der Waals surface area contributed by atoms with E-state index in [2.05, 4.69) is 0 Å². The SMILES string of the molecule is O=C(c1cccc2c1OCCO2)N1[C@@H]2CCC[C@H]1CC(O)C2. The molecule has 1 aromatic rings. The number of para-hydroxylation sites is 1. The van der Waals surface area contributed by atoms with Gasteiger partial charge in [0.2, 0.25) is 0 Å². The van der Waals surface area contributed by atoms with Crippen molar-refractivity contribution in [1.29, 1.82) is 0 Å². The van der Waals surface area contributed by atoms with Crippen LogP contribution in [0.5, 0.6) is 11.5 Å². The highest BCUT2D eigenvalue weighted by Crippen LogP contribution is 2.39. The van der Waals surface area contributed by atoms with Gasteiger partial charge in [0, 0.05) is 12.1 Å². The molecule has 0 aliphatic carbocycles. The average molecular weight is 303 g/mol. The molecule has 3 aliphatic rings. The molecular weight excluding hydrogens is 282 g/mol. The third-order valence-corrected chi connectivity index (χ3v) is 4.98. The van der Waals surface area contributed by atoms with Crippen molar-refractivity contribution < 1.29 is 19.4 Å². The molecule has 1 unspecified atom stereocenters. The molecule has 3 atom stereocenters. The first-order chi connectivity index (χ1) is 10.7. The van der Waals surface area contributed by atoms with Crippen molar-refractivity contribution in [3.63, 3.8) is 0 Å². The van der Waals surface area contributed by atoms with E-state index < -0.39 is 0 Å². The fraction of sp³-hybridized carbons (Fsp3) is 0.588. The molecule has 5 heteroatoms. The Morgan fingerprint density at radius 2 is 1.86 bits per heavy atom. The minimum absolute atomic E-state index is 0.0175. The van der Waals surface area contributed by atoms with E-state index in [4.69, 9.17) is 9.47 Å². The van der Waals surface area contributed by atoms with Gasteiger partial charge in [-0.25, -0.2) is 0 Å². The van der Waals surface area contributed by atoms with Crippen LogP contribution < -0.4 is 9.47 Å². The lowest BCUT2D eigenvalue weighted by Crippen LogP contribution is -2.55. The van der Waals surface area contributed by atoms with Crippen LogP contribution in [-0.2, 0) is 0 Å². The summed E-state index contributed by atoms with van der Waals surface area (Å²) in [6, 6.07) is 5.79. The summed E-state index contributed by atoms with van der Waals surface area (Å²) in [4.78, 5) is 15.1. The minimum Gasteiger partial charge on any atom is -0.486 e. The predicted octanol–water partition coefficient (Wildman–Crippen LogP) is 1.98. The molecule has 3 heterocycles. The molecular formula is C17H21NO4. The molecule has 1 N–H and O–H groups in total. The molecule has 5 nitrogen and oxygen atoms in total. The number of hydrogen-bond acceptors (Lipinski definition) is 4. The molecule has 2 saturated heterocycles. The lowest BCUT2D eigenvalue weighted by Gasteiger charge is -2.48. The number of benzene rings is 1. The summed E-state index contributed by atoms with van der Waals surface area (Å²) in [5.41, 5.74) is 0.588. The molecule has 0 spiro atoms. The Hall–Kier alpha value is -1.75. The number of carbonyl (C=O) groups is 1. The molecule has 22 heavy (non-hydrogen) atoms. The van der Waals surface area contributed by atoms with Crippen LogP contribution in [0.2, 0.25) is 0 Å². The number of amides is 1. The summed E-state index contributed by atoms with van der Waals surface area (Å²) in [7, 11) is 0. The molecule has 1 amide bonds. The van der Waals surface area contributed by atoms with Gasteiger partial charge in [0.05, 0.1) is 11.7 Å². The number of hydrogen-bond donors (Lipinski definition) is 1. The van der Waals surface area contributed by atoms with Crippen molar-refractivity contribution in [1.82, 2.24) is 4.90 Å². The van der Waals surface area contributed by atoms with Gasteiger partial charge in [-0.15, -0.1) is 0 Å². The topological polar surface area (TPSA) is 59.0 Å². The van der Waals surface area contributed by atoms with Crippen LogP contribution in [0.1, 0.15) is 42.5 Å². The molecule has 2 fully saturated rings. The van der Waals surface area contributed by atoms with Crippen molar-refractivity contribution in [3.05, 3.63) is 23.8 Å². The first-order valence-electron chi connectivity index (χ1n) is 8.13. The van der Waals surface area contributed by atoms with Crippen LogP contribution in [-0.4, -0.2) is 47.3 Å². The quantitative estimate of drug-likeness (QED) is 0.862. The Balaban J connectivity index is 1.67. The zero-order valence-electron chi connectivity index (χ0n) is 12.5. The highest BCUT2D eigenvalue weighted by molar-refractivity contribution is 5.98. The fourth-order valence-electron chi connectivity index (χ4n) is 4.07. The Bertz CT molecular complexity index is 574. The van der Waals surface area contributed by atoms with Gasteiger partial charge in [0.25, 0.3) is 5.91 Å². The summed E-state index contributed by atoms with van der Waals surface area (Å²) in [5, 5.41) is 9.99. The van der Waals surface area contributed by atoms with Crippen molar-refractivity contribution >= 4 is 5.91 Å². The van der Waals surface area contributed by atoms with Gasteiger partial charge < -0.3 is 19.5 Å². The summed E-state index contributed by atoms with van der Waals surface area (Å²) in [6.07, 6.45) is 4.20. The normalized spacial score (nSPS) is 30.0. The Labute approximate surface area is 129 Å². The van der Waals surface area contributed by atoms with E-state index in [1.165, 1.54) is 0 Å². The van der Waals surface area contributed by atoms with Crippen molar-refractivity contribution in [3.8, 4) is 11.5 Å². The van der Waals surface area contributed by atoms with Crippen LogP contribution in [0.15, 0.2) is 18.2 Å². The highest BCUT2D eigenvalue weighted by Gasteiger charge is 2.41. The van der Waals surface area contributed by atoms with Gasteiger partial charge in [-0.1, -0.05) is 6.07 Å². The highest BCUT2D eigenvalue weighted by atomic mass is 16.6. The first kappa shape index (κ1) is 13.9. The smallest absolute Gasteiger partial charge is 0.258 e. The van der Waals surface area contributed by atoms with Crippen LogP contribution in [0.25, 0.3) is 0 Å². The molecule has 0 aromatic heterocycles. The number of piperidine rings is 2. The van der Waals surface area contributed by atoms with Crippen molar-refractivity contribution in [2.45, 2.75) is 50.3 Å². The molecule has 3 aliphatic heterocycles. The van der Waals surface area contributed by atoms with Crippen LogP contribution in [0.3, 0.4) is 0 Å². The minimum atomic E-state index is -0.274. The van der Waals surface area contributed by atoms with E-state index in [1.54, 1.807) is 0 Å². The monoisotopic (exact) mass is 303 g/mol. The molecule has 0 radical (unpaired) electrons. The van der Waals surface area contributed by atoms with E-state index >= 15 is 0 Å². The van der Waals surface area contributed by atoms with Gasteiger partial charge in [-0.05, 0) is 44.2 Å². The number of aliphatic hydroxyl groups is 1. The lowest BCUT2D eigenvalue weighted by molar-refractivity contribution is -0.0153. The van der Waals surface area contributed by atoms with Gasteiger partial charge in [0.1, 0.15) is 13.2 Å². The molecule has 118 valence electrons. The lowest BCUT2D eigenvalue weighted by atomic mass is 9.82. The van der Waals surface area contributed by atoms with Crippen LogP contribution >= 0.6 is 0 Å². The zero-order chi connectivity index (χ0) is 15.1. The Morgan fingerprint density at radius 3 is 2.64 bits per heavy atom. The summed E-state index contributed by atoms with van der Waals surface area (Å²) < 4.78 is 11.3. The van der Waals surface area contributed by atoms with Gasteiger partial charge >= 0.3 is 0 Å². The second kappa shape index (κ2) is 5.47. The number of rotatable bonds is 1. The Morgan fingerprint density at radius 1 is 1.14 bits per heavy atom. The molecule has 0 saturated carbocycles. The number of carbonyl (C=O) groups excluding carboxylic acids is 1. The second-order valence-corrected chi connectivity index (χ2v) is 6.41. The third kappa shape index (κ3) is 2.24. The number of fused-ring (bicyclic) bond motifs is 3. The van der Waals surface area contributed by atoms with Crippen LogP contribution in [0, 0.1) is 0 Å². The summed E-state index contributed by atoms with van der Waals surface area (Å²) in [5.74, 6) is 1.24. The second-order valence-electron chi connectivity index (χ2n) is 6.41. The van der Waals surface area contributed by atoms with Gasteiger partial charge in [0.15, 0.2) is 11.5 Å². The number of aliphatic hydroxyl groups excluding tert-OH is 1. The van der Waals surface area contributed by atoms with Crippen molar-refractivity contribution in [2.24, 2.45) is 0 Å². The third-order valence-electron chi connectivity index (χ3n) is 4.98. The summed E-state index contributed by atoms with van der Waals surface area (Å²) >= 11 is 0. The van der Waals surface area contributed by atoms with Crippen molar-refractivity contribution in [2.75, 3.05) is 13.2 Å². The molecule has 2 bridgehead atoms. The van der Waals surface area contributed by atoms with E-state index in [0.29, 0.717) is 43.1 Å². The van der Waals surface area contributed by atoms with E-state index in [9.17, 15) is 9.90 Å². The number of nitrogens with zero attached hydrogens (tertiary/aromatic N) is 1. The summed E-state index contributed by atoms with van der Waals surface area (Å²) in [6.45, 7) is 0.995. The molecule has 1 aromatic carbocycles. The maximum absolute atomic E-state index is 13.1. The zero-order valence-corrected chi connectivity index (χ0v) is 12.5. The average Bonchev–Trinajstić information content (AvgIpc) is 2.53. The largest absolute Gasteiger partial charge is 0.486 e. The standard InChI is InChI=1S/C17H21NO4/c19-13-9-11-3-1-4-12(10-13)18(11)17(20)14-5-2-6-15-16(14)22-8-7-21-15/h2,5-6,11-13,19H,1,3-4,7-10H2/t11-,12+,13?. The van der Waals surface area contributed by atoms with E-state index in [0.717, 1.165) is 19.3 Å². The van der Waals surface area contributed by atoms with Gasteiger partial charge in [-0.3, -0.25) is 4.79 Å². The van der Waals surface area contributed by atoms with Gasteiger partial charge in [-0.2, -0.15) is 0 Å². The molecule has 4 rings (SSSR count). The van der Waals surface area contributed by atoms with E-state index in [1.807, 2.05) is 23.1 Å². The maximum Gasteiger partial charge on any atom is 0.258 e. The van der Waals surface area contributed by atoms with Crippen LogP contribution in [0.4, 0.5) is 0 Å². The first-order valence-corrected chi connectivity index (χ1v) is 8.13. The Kier molecular flexibility index (Phi) is 3.45. The number of ether oxygens (including phenoxy) is 2. The maximum atomic E-state index is 13.1. The predicted molar refractivity (Wildman–Crippen MR) is 80.3 cm³/mol.